The molecule has 1 fully saturated rings. The monoisotopic (exact) mass is 326 g/mol. The van der Waals surface area contributed by atoms with E-state index in [1.54, 1.807) is 0 Å². The minimum atomic E-state index is -3.53. The molecule has 0 spiro atoms. The third-order valence-corrected chi connectivity index (χ3v) is 5.96. The molecule has 1 aromatic carbocycles. The highest BCUT2D eigenvalue weighted by Gasteiger charge is 2.37. The summed E-state index contributed by atoms with van der Waals surface area (Å²) in [6.45, 7) is 0.676. The summed E-state index contributed by atoms with van der Waals surface area (Å²) in [5, 5.41) is 9.57. The number of benzene rings is 1. The van der Waals surface area contributed by atoms with E-state index in [0.717, 1.165) is 23.3 Å². The molecule has 1 heterocycles. The number of hydrogen-bond acceptors (Lipinski definition) is 4. The van der Waals surface area contributed by atoms with E-state index in [0.29, 0.717) is 19.4 Å². The first kappa shape index (κ1) is 15.7. The van der Waals surface area contributed by atoms with Gasteiger partial charge < -0.3 is 9.84 Å². The summed E-state index contributed by atoms with van der Waals surface area (Å²) in [5.41, 5.74) is 2.05. The van der Waals surface area contributed by atoms with E-state index in [2.05, 4.69) is 4.72 Å². The Balaban J connectivity index is 1.88. The van der Waals surface area contributed by atoms with Crippen molar-refractivity contribution in [3.63, 3.8) is 0 Å². The van der Waals surface area contributed by atoms with Crippen molar-refractivity contribution in [1.82, 2.24) is 9.03 Å². The first-order valence-electron chi connectivity index (χ1n) is 7.50. The predicted octanol–water partition coefficient (Wildman–Crippen LogP) is 0.829. The van der Waals surface area contributed by atoms with Gasteiger partial charge in [-0.2, -0.15) is 17.4 Å². The third-order valence-electron chi connectivity index (χ3n) is 4.45. The van der Waals surface area contributed by atoms with E-state index >= 15 is 0 Å². The molecule has 1 aliphatic heterocycles. The Morgan fingerprint density at radius 3 is 2.73 bits per heavy atom. The molecule has 2 N–H and O–H groups in total. The minimum absolute atomic E-state index is 0.116. The fourth-order valence-corrected chi connectivity index (χ4v) is 3.86. The fraction of sp³-hybridized carbons (Fsp3) is 0.600. The van der Waals surface area contributed by atoms with Crippen molar-refractivity contribution in [2.45, 2.75) is 31.4 Å². The number of aliphatic hydroxyl groups excluding tert-OH is 1. The van der Waals surface area contributed by atoms with E-state index in [9.17, 15) is 13.5 Å². The van der Waals surface area contributed by atoms with Gasteiger partial charge in [-0.15, -0.1) is 0 Å². The minimum Gasteiger partial charge on any atom is -0.493 e. The molecule has 122 valence electrons. The van der Waals surface area contributed by atoms with Crippen LogP contribution in [0, 0.1) is 5.92 Å². The molecule has 0 bridgehead atoms. The van der Waals surface area contributed by atoms with Crippen molar-refractivity contribution in [2.24, 2.45) is 5.92 Å². The summed E-state index contributed by atoms with van der Waals surface area (Å²) in [5.74, 6) is 0.997. The molecule has 7 heteroatoms. The quantitative estimate of drug-likeness (QED) is 0.840. The summed E-state index contributed by atoms with van der Waals surface area (Å²) >= 11 is 0. The normalized spacial score (nSPS) is 25.5. The fourth-order valence-electron chi connectivity index (χ4n) is 3.00. The molecule has 0 radical (unpaired) electrons. The Kier molecular flexibility index (Phi) is 4.15. The molecule has 22 heavy (non-hydrogen) atoms. The highest BCUT2D eigenvalue weighted by Crippen LogP contribution is 2.40. The van der Waals surface area contributed by atoms with Crippen LogP contribution in [0.1, 0.15) is 30.0 Å². The summed E-state index contributed by atoms with van der Waals surface area (Å²) in [6, 6.07) is 5.53. The number of rotatable bonds is 5. The van der Waals surface area contributed by atoms with Crippen LogP contribution in [0.3, 0.4) is 0 Å². The molecule has 1 saturated carbocycles. The zero-order chi connectivity index (χ0) is 15.9. The molecule has 6 nitrogen and oxygen atoms in total. The maximum Gasteiger partial charge on any atom is 0.279 e. The maximum absolute atomic E-state index is 12.2. The summed E-state index contributed by atoms with van der Waals surface area (Å²) < 4.78 is 33.8. The molecule has 0 aromatic heterocycles. The average Bonchev–Trinajstić information content (AvgIpc) is 2.88. The van der Waals surface area contributed by atoms with Crippen molar-refractivity contribution in [1.29, 1.82) is 0 Å². The van der Waals surface area contributed by atoms with Crippen molar-refractivity contribution in [3.8, 4) is 5.75 Å². The van der Waals surface area contributed by atoms with E-state index in [1.807, 2.05) is 18.2 Å². The van der Waals surface area contributed by atoms with Crippen molar-refractivity contribution in [2.75, 3.05) is 20.7 Å². The van der Waals surface area contributed by atoms with Crippen LogP contribution in [0.4, 0.5) is 0 Å². The second kappa shape index (κ2) is 5.81. The average molecular weight is 326 g/mol. The zero-order valence-corrected chi connectivity index (χ0v) is 13.6. The number of fused-ring (bicyclic) bond motifs is 1. The van der Waals surface area contributed by atoms with Crippen LogP contribution in [0.2, 0.25) is 0 Å². The Hall–Kier alpha value is -1.15. The van der Waals surface area contributed by atoms with Crippen LogP contribution >= 0.6 is 0 Å². The Labute approximate surface area is 131 Å². The van der Waals surface area contributed by atoms with Gasteiger partial charge in [-0.1, -0.05) is 12.1 Å². The number of ether oxygens (including phenoxy) is 1. The topological polar surface area (TPSA) is 78.9 Å². The zero-order valence-electron chi connectivity index (χ0n) is 12.8. The predicted molar refractivity (Wildman–Crippen MR) is 82.9 cm³/mol. The van der Waals surface area contributed by atoms with Crippen LogP contribution in [0.25, 0.3) is 0 Å². The molecule has 1 aromatic rings. The molecule has 1 aliphatic carbocycles. The van der Waals surface area contributed by atoms with Gasteiger partial charge in [-0.3, -0.25) is 0 Å². The summed E-state index contributed by atoms with van der Waals surface area (Å²) in [7, 11) is -0.517. The molecule has 0 saturated heterocycles. The van der Waals surface area contributed by atoms with Gasteiger partial charge in [0.1, 0.15) is 5.75 Å². The number of nitrogens with one attached hydrogen (secondary N) is 1. The van der Waals surface area contributed by atoms with E-state index in [-0.39, 0.29) is 18.1 Å². The van der Waals surface area contributed by atoms with Crippen LogP contribution < -0.4 is 9.46 Å². The summed E-state index contributed by atoms with van der Waals surface area (Å²) in [6.07, 6.45) is 1.76. The molecule has 3 rings (SSSR count). The standard InChI is InChI=1S/C15H22N2O4S/c1-17(2)22(19,20)16-15(12-8-13(18)9-12)11-3-4-14-10(7-11)5-6-21-14/h3-4,7,12-13,15-16,18H,5-6,8-9H2,1-2H3/t12?,13?,15-/m1/s1. The second-order valence-corrected chi connectivity index (χ2v) is 8.15. The third kappa shape index (κ3) is 2.99. The molecular weight excluding hydrogens is 304 g/mol. The number of nitrogens with zero attached hydrogens (tertiary/aromatic N) is 1. The molecule has 0 amide bonds. The largest absolute Gasteiger partial charge is 0.493 e. The first-order chi connectivity index (χ1) is 10.4. The highest BCUT2D eigenvalue weighted by molar-refractivity contribution is 7.87. The lowest BCUT2D eigenvalue weighted by atomic mass is 9.75. The van der Waals surface area contributed by atoms with Gasteiger partial charge in [0, 0.05) is 20.5 Å². The Bertz CT molecular complexity index is 654. The van der Waals surface area contributed by atoms with Crippen molar-refractivity contribution in [3.05, 3.63) is 29.3 Å². The smallest absolute Gasteiger partial charge is 0.279 e. The van der Waals surface area contributed by atoms with Gasteiger partial charge in [0.05, 0.1) is 18.8 Å². The first-order valence-corrected chi connectivity index (χ1v) is 8.94. The van der Waals surface area contributed by atoms with Crippen molar-refractivity contribution >= 4 is 10.2 Å². The van der Waals surface area contributed by atoms with E-state index in [4.69, 9.17) is 4.74 Å². The lowest BCUT2D eigenvalue weighted by Gasteiger charge is -2.38. The van der Waals surface area contributed by atoms with Gasteiger partial charge in [0.2, 0.25) is 0 Å². The summed E-state index contributed by atoms with van der Waals surface area (Å²) in [4.78, 5) is 0. The molecule has 1 atom stereocenters. The Morgan fingerprint density at radius 1 is 1.36 bits per heavy atom. The van der Waals surface area contributed by atoms with Gasteiger partial charge in [0.25, 0.3) is 10.2 Å². The van der Waals surface area contributed by atoms with E-state index in [1.165, 1.54) is 18.4 Å². The van der Waals surface area contributed by atoms with E-state index < -0.39 is 10.2 Å². The molecular formula is C15H22N2O4S. The lowest BCUT2D eigenvalue weighted by Crippen LogP contribution is -2.45. The van der Waals surface area contributed by atoms with Crippen LogP contribution in [0.5, 0.6) is 5.75 Å². The van der Waals surface area contributed by atoms with Gasteiger partial charge >= 0.3 is 0 Å². The van der Waals surface area contributed by atoms with Gasteiger partial charge in [-0.25, -0.2) is 0 Å². The number of aliphatic hydroxyl groups is 1. The molecule has 0 unspecified atom stereocenters. The number of hydrogen-bond donors (Lipinski definition) is 2. The lowest BCUT2D eigenvalue weighted by molar-refractivity contribution is 0.0278. The van der Waals surface area contributed by atoms with Crippen molar-refractivity contribution < 1.29 is 18.3 Å². The van der Waals surface area contributed by atoms with Crippen LogP contribution in [-0.4, -0.2) is 44.6 Å². The SMILES string of the molecule is CN(C)S(=O)(=O)N[C@H](c1ccc2c(c1)CCO2)C1CC(O)C1. The van der Waals surface area contributed by atoms with Gasteiger partial charge in [0.15, 0.2) is 0 Å². The van der Waals surface area contributed by atoms with Crippen LogP contribution in [-0.2, 0) is 16.6 Å². The van der Waals surface area contributed by atoms with Gasteiger partial charge in [-0.05, 0) is 36.0 Å². The molecule has 2 aliphatic rings. The highest BCUT2D eigenvalue weighted by atomic mass is 32.2. The maximum atomic E-state index is 12.2. The second-order valence-electron chi connectivity index (χ2n) is 6.23. The van der Waals surface area contributed by atoms with Crippen LogP contribution in [0.15, 0.2) is 18.2 Å². The Morgan fingerprint density at radius 2 is 2.09 bits per heavy atom.